The molecule has 0 aliphatic heterocycles. The van der Waals surface area contributed by atoms with Gasteiger partial charge >= 0.3 is 6.16 Å². The van der Waals surface area contributed by atoms with Gasteiger partial charge in [-0.15, -0.1) is 0 Å². The third-order valence-corrected chi connectivity index (χ3v) is 2.90. The SMILES string of the molecule is N#CC(C#N)=Cc1ccccc1OC(=O)Oc1ccc([N+](=O)[O-])cc1. The number of nitro groups is 1. The third kappa shape index (κ3) is 4.65. The molecule has 0 unspecified atom stereocenters. The minimum atomic E-state index is -1.06. The van der Waals surface area contributed by atoms with E-state index in [1.807, 2.05) is 0 Å². The molecule has 25 heavy (non-hydrogen) atoms. The second-order valence-electron chi connectivity index (χ2n) is 4.52. The van der Waals surface area contributed by atoms with Crippen LogP contribution in [0.5, 0.6) is 11.5 Å². The van der Waals surface area contributed by atoms with Gasteiger partial charge in [-0.25, -0.2) is 4.79 Å². The van der Waals surface area contributed by atoms with E-state index >= 15 is 0 Å². The second kappa shape index (κ2) is 7.90. The summed E-state index contributed by atoms with van der Waals surface area (Å²) < 4.78 is 9.99. The van der Waals surface area contributed by atoms with E-state index in [9.17, 15) is 14.9 Å². The molecule has 2 rings (SSSR count). The van der Waals surface area contributed by atoms with Gasteiger partial charge in [0.25, 0.3) is 5.69 Å². The molecule has 0 saturated carbocycles. The Morgan fingerprint density at radius 1 is 1.04 bits per heavy atom. The monoisotopic (exact) mass is 335 g/mol. The summed E-state index contributed by atoms with van der Waals surface area (Å²) in [7, 11) is 0. The zero-order chi connectivity index (χ0) is 18.2. The number of hydrogen-bond donors (Lipinski definition) is 0. The predicted molar refractivity (Wildman–Crippen MR) is 85.4 cm³/mol. The van der Waals surface area contributed by atoms with E-state index in [1.54, 1.807) is 30.3 Å². The van der Waals surface area contributed by atoms with E-state index in [4.69, 9.17) is 20.0 Å². The number of rotatable bonds is 4. The minimum Gasteiger partial charge on any atom is -0.395 e. The van der Waals surface area contributed by atoms with Crippen LogP contribution in [0.25, 0.3) is 6.08 Å². The molecule has 8 nitrogen and oxygen atoms in total. The van der Waals surface area contributed by atoms with Crippen molar-refractivity contribution in [3.8, 4) is 23.6 Å². The average molecular weight is 335 g/mol. The predicted octanol–water partition coefficient (Wildman–Crippen LogP) is 3.60. The largest absolute Gasteiger partial charge is 0.519 e. The fourth-order valence-electron chi connectivity index (χ4n) is 1.78. The van der Waals surface area contributed by atoms with Gasteiger partial charge < -0.3 is 9.47 Å². The molecule has 2 aromatic carbocycles. The molecular formula is C17H9N3O5. The Morgan fingerprint density at radius 3 is 2.28 bits per heavy atom. The molecule has 0 aromatic heterocycles. The van der Waals surface area contributed by atoms with Crippen molar-refractivity contribution in [3.05, 3.63) is 69.8 Å². The third-order valence-electron chi connectivity index (χ3n) is 2.90. The quantitative estimate of drug-likeness (QED) is 0.274. The lowest BCUT2D eigenvalue weighted by molar-refractivity contribution is -0.384. The lowest BCUT2D eigenvalue weighted by Crippen LogP contribution is -2.14. The standard InChI is InChI=1S/C17H9N3O5/c18-10-12(11-19)9-13-3-1-2-4-16(13)25-17(21)24-15-7-5-14(6-8-15)20(22)23/h1-9H. The maximum absolute atomic E-state index is 11.8. The van der Waals surface area contributed by atoms with Gasteiger partial charge in [-0.05, 0) is 24.3 Å². The van der Waals surface area contributed by atoms with E-state index in [1.165, 1.54) is 36.4 Å². The first-order chi connectivity index (χ1) is 12.0. The molecular weight excluding hydrogens is 326 g/mol. The highest BCUT2D eigenvalue weighted by Crippen LogP contribution is 2.22. The molecule has 2 aromatic rings. The molecule has 0 atom stereocenters. The second-order valence-corrected chi connectivity index (χ2v) is 4.52. The van der Waals surface area contributed by atoms with E-state index in [2.05, 4.69) is 0 Å². The highest BCUT2D eigenvalue weighted by molar-refractivity contribution is 5.72. The molecule has 0 heterocycles. The first kappa shape index (κ1) is 17.2. The molecule has 0 N–H and O–H groups in total. The maximum Gasteiger partial charge on any atom is 0.519 e. The number of non-ortho nitro benzene ring substituents is 1. The van der Waals surface area contributed by atoms with Gasteiger partial charge in [0, 0.05) is 17.7 Å². The number of ether oxygens (including phenoxy) is 2. The smallest absolute Gasteiger partial charge is 0.395 e. The molecule has 0 aliphatic rings. The minimum absolute atomic E-state index is 0.0679. The molecule has 0 aliphatic carbocycles. The van der Waals surface area contributed by atoms with Crippen LogP contribution in [-0.2, 0) is 0 Å². The normalized spacial score (nSPS) is 9.20. The topological polar surface area (TPSA) is 126 Å². The van der Waals surface area contributed by atoms with E-state index < -0.39 is 11.1 Å². The Bertz CT molecular complexity index is 905. The highest BCUT2D eigenvalue weighted by Gasteiger charge is 2.12. The van der Waals surface area contributed by atoms with Crippen molar-refractivity contribution < 1.29 is 19.2 Å². The number of para-hydroxylation sites is 1. The summed E-state index contributed by atoms with van der Waals surface area (Å²) in [5, 5.41) is 28.2. The van der Waals surface area contributed by atoms with Gasteiger partial charge in [-0.1, -0.05) is 18.2 Å². The summed E-state index contributed by atoms with van der Waals surface area (Å²) >= 11 is 0. The van der Waals surface area contributed by atoms with Gasteiger partial charge in [0.15, 0.2) is 0 Å². The van der Waals surface area contributed by atoms with Crippen LogP contribution < -0.4 is 9.47 Å². The Hall–Kier alpha value is -4.17. The zero-order valence-electron chi connectivity index (χ0n) is 12.6. The molecule has 8 heteroatoms. The number of carbonyl (C=O) groups is 1. The fraction of sp³-hybridized carbons (Fsp3) is 0. The zero-order valence-corrected chi connectivity index (χ0v) is 12.6. The number of hydrogen-bond acceptors (Lipinski definition) is 7. The number of nitro benzene ring substituents is 1. The van der Waals surface area contributed by atoms with Gasteiger partial charge in [-0.2, -0.15) is 10.5 Å². The average Bonchev–Trinajstić information content (AvgIpc) is 2.61. The van der Waals surface area contributed by atoms with Crippen molar-refractivity contribution in [1.29, 1.82) is 10.5 Å². The molecule has 0 amide bonds. The Kier molecular flexibility index (Phi) is 5.43. The molecule has 122 valence electrons. The van der Waals surface area contributed by atoms with E-state index in [-0.39, 0.29) is 22.8 Å². The first-order valence-corrected chi connectivity index (χ1v) is 6.78. The van der Waals surface area contributed by atoms with Crippen LogP contribution in [0.3, 0.4) is 0 Å². The van der Waals surface area contributed by atoms with Gasteiger partial charge in [0.05, 0.1) is 4.92 Å². The molecule has 0 spiro atoms. The van der Waals surface area contributed by atoms with Crippen molar-refractivity contribution in [2.75, 3.05) is 0 Å². The van der Waals surface area contributed by atoms with Crippen LogP contribution in [-0.4, -0.2) is 11.1 Å². The number of allylic oxidation sites excluding steroid dienone is 1. The number of benzene rings is 2. The molecule has 0 radical (unpaired) electrons. The van der Waals surface area contributed by atoms with Crippen LogP contribution in [0.15, 0.2) is 54.1 Å². The Morgan fingerprint density at radius 2 is 1.68 bits per heavy atom. The van der Waals surface area contributed by atoms with Gasteiger partial charge in [0.1, 0.15) is 29.2 Å². The summed E-state index contributed by atoms with van der Waals surface area (Å²) in [6.07, 6.45) is 0.208. The van der Waals surface area contributed by atoms with Crippen molar-refractivity contribution in [2.24, 2.45) is 0 Å². The number of carbonyl (C=O) groups excluding carboxylic acids is 1. The van der Waals surface area contributed by atoms with E-state index in [0.29, 0.717) is 5.56 Å². The van der Waals surface area contributed by atoms with Crippen LogP contribution in [0.4, 0.5) is 10.5 Å². The molecule has 0 fully saturated rings. The van der Waals surface area contributed by atoms with Crippen molar-refractivity contribution in [1.82, 2.24) is 0 Å². The van der Waals surface area contributed by atoms with Crippen LogP contribution in [0.1, 0.15) is 5.56 Å². The lowest BCUT2D eigenvalue weighted by atomic mass is 10.1. The summed E-state index contributed by atoms with van der Waals surface area (Å²) in [5.74, 6) is 0.163. The number of nitriles is 2. The summed E-state index contributed by atoms with van der Waals surface area (Å²) in [6, 6.07) is 14.6. The first-order valence-electron chi connectivity index (χ1n) is 6.78. The fourth-order valence-corrected chi connectivity index (χ4v) is 1.78. The van der Waals surface area contributed by atoms with Crippen molar-refractivity contribution >= 4 is 17.9 Å². The van der Waals surface area contributed by atoms with Gasteiger partial charge in [-0.3, -0.25) is 10.1 Å². The van der Waals surface area contributed by atoms with Crippen LogP contribution in [0, 0.1) is 32.8 Å². The van der Waals surface area contributed by atoms with Gasteiger partial charge in [0.2, 0.25) is 0 Å². The Labute approximate surface area is 141 Å². The summed E-state index contributed by atoms with van der Waals surface area (Å²) in [4.78, 5) is 21.8. The van der Waals surface area contributed by atoms with Crippen molar-refractivity contribution in [3.63, 3.8) is 0 Å². The number of nitrogens with zero attached hydrogens (tertiary/aromatic N) is 3. The lowest BCUT2D eigenvalue weighted by Gasteiger charge is -2.07. The van der Waals surface area contributed by atoms with E-state index in [0.717, 1.165) is 0 Å². The molecule has 0 bridgehead atoms. The summed E-state index contributed by atoms with van der Waals surface area (Å²) in [5.41, 5.74) is 0.0535. The summed E-state index contributed by atoms with van der Waals surface area (Å²) in [6.45, 7) is 0. The highest BCUT2D eigenvalue weighted by atomic mass is 16.7. The maximum atomic E-state index is 11.8. The van der Waals surface area contributed by atoms with Crippen LogP contribution in [0.2, 0.25) is 0 Å². The van der Waals surface area contributed by atoms with Crippen molar-refractivity contribution in [2.45, 2.75) is 0 Å². The molecule has 0 saturated heterocycles. The Balaban J connectivity index is 2.14. The van der Waals surface area contributed by atoms with Crippen LogP contribution >= 0.6 is 0 Å².